The lowest BCUT2D eigenvalue weighted by molar-refractivity contribution is 0.660. The molecule has 3 heterocycles. The maximum absolute atomic E-state index is 5.35. The number of hydrogen-bond donors (Lipinski definition) is 0. The Kier molecular flexibility index (Phi) is 6.77. The van der Waals surface area contributed by atoms with Crippen LogP contribution in [0, 0.1) is 0 Å². The lowest BCUT2D eigenvalue weighted by Gasteiger charge is -2.22. The fraction of sp³-hybridized carbons (Fsp3) is 0.0638. The van der Waals surface area contributed by atoms with E-state index in [4.69, 9.17) is 9.97 Å². The number of aromatic nitrogens is 5. The number of fused-ring (bicyclic) bond motifs is 6. The maximum atomic E-state index is 5.35. The minimum Gasteiger partial charge on any atom is -0.309 e. The fourth-order valence-electron chi connectivity index (χ4n) is 8.03. The number of benzene rings is 6. The number of nitrogens with zero attached hydrogens (tertiary/aromatic N) is 5. The van der Waals surface area contributed by atoms with Gasteiger partial charge in [0.2, 0.25) is 0 Å². The van der Waals surface area contributed by atoms with Crippen LogP contribution in [-0.2, 0) is 5.41 Å². The summed E-state index contributed by atoms with van der Waals surface area (Å²) < 4.78 is 2.34. The molecule has 10 rings (SSSR count). The van der Waals surface area contributed by atoms with Crippen molar-refractivity contribution in [3.8, 4) is 61.8 Å². The van der Waals surface area contributed by atoms with Gasteiger partial charge >= 0.3 is 0 Å². The van der Waals surface area contributed by atoms with E-state index in [1.807, 2.05) is 18.5 Å². The van der Waals surface area contributed by atoms with Gasteiger partial charge in [-0.25, -0.2) is 19.9 Å². The molecule has 0 atom stereocenters. The molecule has 0 N–H and O–H groups in total. The molecule has 1 aliphatic carbocycles. The average Bonchev–Trinajstić information content (AvgIpc) is 3.66. The summed E-state index contributed by atoms with van der Waals surface area (Å²) in [6, 6.07) is 51.8. The molecule has 3 aromatic heterocycles. The summed E-state index contributed by atoms with van der Waals surface area (Å²) in [6.45, 7) is 4.63. The minimum absolute atomic E-state index is 0.122. The van der Waals surface area contributed by atoms with Gasteiger partial charge in [-0.2, -0.15) is 0 Å². The molecule has 0 fully saturated rings. The molecule has 246 valence electrons. The van der Waals surface area contributed by atoms with Gasteiger partial charge < -0.3 is 4.57 Å². The molecule has 1 aliphatic rings. The summed E-state index contributed by atoms with van der Waals surface area (Å²) >= 11 is 0. The van der Waals surface area contributed by atoms with Gasteiger partial charge in [-0.15, -0.1) is 0 Å². The van der Waals surface area contributed by atoms with E-state index in [0.717, 1.165) is 55.9 Å². The normalized spacial score (nSPS) is 13.0. The Morgan fingerprint density at radius 3 is 1.83 bits per heavy atom. The molecular formula is C47H33N5. The van der Waals surface area contributed by atoms with Gasteiger partial charge in [-0.1, -0.05) is 117 Å². The number of para-hydroxylation sites is 2. The number of hydrogen-bond acceptors (Lipinski definition) is 4. The molecule has 0 radical (unpaired) electrons. The van der Waals surface area contributed by atoms with E-state index >= 15 is 0 Å². The number of rotatable bonds is 5. The average molecular weight is 668 g/mol. The first-order valence-corrected chi connectivity index (χ1v) is 17.6. The van der Waals surface area contributed by atoms with Crippen LogP contribution in [0.3, 0.4) is 0 Å². The minimum atomic E-state index is -0.122. The quantitative estimate of drug-likeness (QED) is 0.183. The summed E-state index contributed by atoms with van der Waals surface area (Å²) in [5.74, 6) is 0.653. The van der Waals surface area contributed by atoms with Crippen molar-refractivity contribution in [2.45, 2.75) is 19.3 Å². The zero-order valence-electron chi connectivity index (χ0n) is 28.8. The molecule has 0 saturated carbocycles. The third-order valence-corrected chi connectivity index (χ3v) is 10.6. The lowest BCUT2D eigenvalue weighted by atomic mass is 9.82. The summed E-state index contributed by atoms with van der Waals surface area (Å²) in [7, 11) is 0. The highest BCUT2D eigenvalue weighted by Crippen LogP contribution is 2.49. The van der Waals surface area contributed by atoms with Crippen LogP contribution >= 0.6 is 0 Å². The molecule has 0 aliphatic heterocycles. The highest BCUT2D eigenvalue weighted by molar-refractivity contribution is 6.09. The van der Waals surface area contributed by atoms with Gasteiger partial charge in [0.15, 0.2) is 5.82 Å². The van der Waals surface area contributed by atoms with Gasteiger partial charge in [-0.3, -0.25) is 0 Å². The van der Waals surface area contributed by atoms with Crippen molar-refractivity contribution in [2.75, 3.05) is 0 Å². The van der Waals surface area contributed by atoms with Crippen LogP contribution in [0.2, 0.25) is 0 Å². The Labute approximate surface area is 302 Å². The maximum Gasteiger partial charge on any atom is 0.160 e. The summed E-state index contributed by atoms with van der Waals surface area (Å²) in [4.78, 5) is 19.4. The molecular weight excluding hydrogens is 635 g/mol. The van der Waals surface area contributed by atoms with E-state index in [2.05, 4.69) is 168 Å². The van der Waals surface area contributed by atoms with E-state index in [9.17, 15) is 0 Å². The molecule has 9 aromatic rings. The first kappa shape index (κ1) is 30.1. The van der Waals surface area contributed by atoms with Crippen molar-refractivity contribution in [3.63, 3.8) is 0 Å². The van der Waals surface area contributed by atoms with Crippen LogP contribution in [-0.4, -0.2) is 24.5 Å². The van der Waals surface area contributed by atoms with Crippen molar-refractivity contribution < 1.29 is 0 Å². The van der Waals surface area contributed by atoms with E-state index in [1.165, 1.54) is 33.0 Å². The van der Waals surface area contributed by atoms with E-state index in [1.54, 1.807) is 6.33 Å². The molecule has 52 heavy (non-hydrogen) atoms. The molecule has 0 bridgehead atoms. The fourth-order valence-corrected chi connectivity index (χ4v) is 8.03. The van der Waals surface area contributed by atoms with Gasteiger partial charge in [0.05, 0.1) is 22.4 Å². The van der Waals surface area contributed by atoms with Crippen molar-refractivity contribution >= 4 is 21.8 Å². The van der Waals surface area contributed by atoms with Gasteiger partial charge in [-0.05, 0) is 70.3 Å². The molecule has 6 aromatic carbocycles. The summed E-state index contributed by atoms with van der Waals surface area (Å²) in [5.41, 5.74) is 15.1. The third-order valence-electron chi connectivity index (χ3n) is 10.6. The van der Waals surface area contributed by atoms with Crippen LogP contribution < -0.4 is 0 Å². The van der Waals surface area contributed by atoms with E-state index in [0.29, 0.717) is 5.82 Å². The summed E-state index contributed by atoms with van der Waals surface area (Å²) in [5, 5.41) is 2.42. The molecule has 5 heteroatoms. The van der Waals surface area contributed by atoms with Gasteiger partial charge in [0, 0.05) is 56.5 Å². The van der Waals surface area contributed by atoms with Crippen molar-refractivity contribution in [1.29, 1.82) is 0 Å². The van der Waals surface area contributed by atoms with Gasteiger partial charge in [0.1, 0.15) is 6.33 Å². The SMILES string of the molecule is CC1(C)c2ccccc2-c2ccc(-c3cc(-c4ccccc4)nc(-c4cc(-c5cncnc5)cc(-n5c6ccccc6c6ccccc65)c4)n3)cc21. The Bertz CT molecular complexity index is 2760. The van der Waals surface area contributed by atoms with E-state index < -0.39 is 0 Å². The molecule has 5 nitrogen and oxygen atoms in total. The van der Waals surface area contributed by atoms with Crippen molar-refractivity contribution in [2.24, 2.45) is 0 Å². The Morgan fingerprint density at radius 2 is 1.08 bits per heavy atom. The molecule has 0 saturated heterocycles. The van der Waals surface area contributed by atoms with E-state index in [-0.39, 0.29) is 5.41 Å². The second-order valence-corrected chi connectivity index (χ2v) is 14.0. The third kappa shape index (κ3) is 4.78. The predicted octanol–water partition coefficient (Wildman–Crippen LogP) is 11.3. The largest absolute Gasteiger partial charge is 0.309 e. The first-order chi connectivity index (χ1) is 25.5. The van der Waals surface area contributed by atoms with Crippen LogP contribution in [0.5, 0.6) is 0 Å². The smallest absolute Gasteiger partial charge is 0.160 e. The van der Waals surface area contributed by atoms with Crippen LogP contribution in [0.1, 0.15) is 25.0 Å². The highest BCUT2D eigenvalue weighted by atomic mass is 15.0. The van der Waals surface area contributed by atoms with Crippen molar-refractivity contribution in [3.05, 3.63) is 175 Å². The second-order valence-electron chi connectivity index (χ2n) is 14.0. The zero-order valence-corrected chi connectivity index (χ0v) is 28.8. The van der Waals surface area contributed by atoms with Gasteiger partial charge in [0.25, 0.3) is 0 Å². The standard InChI is InChI=1S/C47H33N5/c1-47(2)40-17-9-6-14-36(40)37-21-20-31(25-41(37)47)43-26-42(30-12-4-3-5-13-30)50-46(51-43)33-22-32(34-27-48-29-49-28-34)23-35(24-33)52-44-18-10-7-15-38(44)39-16-8-11-19-45(39)52/h3-29H,1-2H3. The first-order valence-electron chi connectivity index (χ1n) is 17.6. The van der Waals surface area contributed by atoms with Crippen molar-refractivity contribution in [1.82, 2.24) is 24.5 Å². The van der Waals surface area contributed by atoms with Crippen LogP contribution in [0.15, 0.2) is 164 Å². The molecule has 0 spiro atoms. The lowest BCUT2D eigenvalue weighted by Crippen LogP contribution is -2.14. The second kappa shape index (κ2) is 11.7. The molecule has 0 amide bonds. The Morgan fingerprint density at radius 1 is 0.462 bits per heavy atom. The molecule has 0 unspecified atom stereocenters. The summed E-state index contributed by atoms with van der Waals surface area (Å²) in [6.07, 6.45) is 5.29. The Hall–Kier alpha value is -6.72. The Balaban J connectivity index is 1.21. The van der Waals surface area contributed by atoms with Crippen LogP contribution in [0.25, 0.3) is 83.6 Å². The monoisotopic (exact) mass is 667 g/mol. The zero-order chi connectivity index (χ0) is 34.8. The topological polar surface area (TPSA) is 56.5 Å². The highest BCUT2D eigenvalue weighted by Gasteiger charge is 2.35. The van der Waals surface area contributed by atoms with Crippen LogP contribution in [0.4, 0.5) is 0 Å². The predicted molar refractivity (Wildman–Crippen MR) is 211 cm³/mol.